The van der Waals surface area contributed by atoms with Crippen LogP contribution in [-0.2, 0) is 4.79 Å². The fraction of sp³-hybridized carbons (Fsp3) is 0.619. The van der Waals surface area contributed by atoms with Crippen molar-refractivity contribution in [1.29, 1.82) is 0 Å². The summed E-state index contributed by atoms with van der Waals surface area (Å²) in [6.07, 6.45) is 7.85. The standard InChI is InChI=1S/C21H27N3O2/c25-20(13-16-12-14-5-6-15(16)11-14)23-9-7-17(8-10-23)24-19-4-2-1-3-18(19)22-21(24)26/h1-4,14-17H,5-13H2,(H,22,26)/t14-,15-,16-/m0/s1. The molecule has 1 aliphatic heterocycles. The van der Waals surface area contributed by atoms with Crippen LogP contribution in [-0.4, -0.2) is 33.4 Å². The first kappa shape index (κ1) is 16.2. The fourth-order valence-corrected chi connectivity index (χ4v) is 5.79. The van der Waals surface area contributed by atoms with E-state index in [1.165, 1.54) is 25.7 Å². The molecular formula is C21H27N3O2. The molecule has 0 radical (unpaired) electrons. The molecule has 2 aliphatic carbocycles. The average Bonchev–Trinajstić information content (AvgIpc) is 3.35. The van der Waals surface area contributed by atoms with Crippen molar-refractivity contribution >= 4 is 16.9 Å². The molecule has 3 atom stereocenters. The Kier molecular flexibility index (Phi) is 3.91. The van der Waals surface area contributed by atoms with Crippen molar-refractivity contribution in [3.63, 3.8) is 0 Å². The van der Waals surface area contributed by atoms with Crippen LogP contribution in [0.3, 0.4) is 0 Å². The molecule has 1 aromatic heterocycles. The quantitative estimate of drug-likeness (QED) is 0.920. The van der Waals surface area contributed by atoms with Crippen LogP contribution >= 0.6 is 0 Å². The maximum atomic E-state index is 12.8. The molecule has 26 heavy (non-hydrogen) atoms. The van der Waals surface area contributed by atoms with Crippen LogP contribution in [0.2, 0.25) is 0 Å². The summed E-state index contributed by atoms with van der Waals surface area (Å²) >= 11 is 0. The lowest BCUT2D eigenvalue weighted by Gasteiger charge is -2.34. The molecule has 2 aromatic rings. The molecule has 2 heterocycles. The number of nitrogens with zero attached hydrogens (tertiary/aromatic N) is 2. The Hall–Kier alpha value is -2.04. The summed E-state index contributed by atoms with van der Waals surface area (Å²) in [5, 5.41) is 0. The van der Waals surface area contributed by atoms with E-state index < -0.39 is 0 Å². The van der Waals surface area contributed by atoms with Gasteiger partial charge in [0.05, 0.1) is 11.0 Å². The fourth-order valence-electron chi connectivity index (χ4n) is 5.79. The molecule has 3 fully saturated rings. The summed E-state index contributed by atoms with van der Waals surface area (Å²) in [5.74, 6) is 2.69. The topological polar surface area (TPSA) is 58.1 Å². The second-order valence-electron chi connectivity index (χ2n) is 8.57. The van der Waals surface area contributed by atoms with Gasteiger partial charge in [-0.3, -0.25) is 9.36 Å². The van der Waals surface area contributed by atoms with Crippen molar-refractivity contribution in [1.82, 2.24) is 14.5 Å². The first-order chi connectivity index (χ1) is 12.7. The van der Waals surface area contributed by atoms with Crippen molar-refractivity contribution in [2.45, 2.75) is 51.0 Å². The molecule has 2 bridgehead atoms. The SMILES string of the molecule is O=C(C[C@@H]1C[C@H]2CC[C@H]1C2)N1CCC(n2c(=O)[nH]c3ccccc32)CC1. The van der Waals surface area contributed by atoms with E-state index in [1.807, 2.05) is 33.7 Å². The summed E-state index contributed by atoms with van der Waals surface area (Å²) < 4.78 is 1.90. The zero-order valence-corrected chi connectivity index (χ0v) is 15.2. The Bertz CT molecular complexity index is 875. The molecule has 5 heteroatoms. The third kappa shape index (κ3) is 2.68. The van der Waals surface area contributed by atoms with Crippen LogP contribution in [0.4, 0.5) is 0 Å². The van der Waals surface area contributed by atoms with E-state index in [-0.39, 0.29) is 11.7 Å². The summed E-state index contributed by atoms with van der Waals surface area (Å²) in [6.45, 7) is 1.55. The van der Waals surface area contributed by atoms with E-state index >= 15 is 0 Å². The molecule has 138 valence electrons. The van der Waals surface area contributed by atoms with Gasteiger partial charge in [0, 0.05) is 25.6 Å². The number of carbonyl (C=O) groups is 1. The van der Waals surface area contributed by atoms with Gasteiger partial charge >= 0.3 is 5.69 Å². The number of benzene rings is 1. The number of aromatic amines is 1. The lowest BCUT2D eigenvalue weighted by molar-refractivity contribution is -0.133. The highest BCUT2D eigenvalue weighted by molar-refractivity contribution is 5.77. The molecule has 5 rings (SSSR count). The number of para-hydroxylation sites is 2. The lowest BCUT2D eigenvalue weighted by Crippen LogP contribution is -2.41. The maximum absolute atomic E-state index is 12.8. The molecule has 1 aromatic carbocycles. The highest BCUT2D eigenvalue weighted by Crippen LogP contribution is 2.49. The average molecular weight is 353 g/mol. The van der Waals surface area contributed by atoms with Crippen molar-refractivity contribution in [2.75, 3.05) is 13.1 Å². The second-order valence-corrected chi connectivity index (χ2v) is 8.57. The number of fused-ring (bicyclic) bond motifs is 3. The number of nitrogens with one attached hydrogen (secondary N) is 1. The smallest absolute Gasteiger partial charge is 0.326 e. The third-order valence-corrected chi connectivity index (χ3v) is 7.13. The summed E-state index contributed by atoms with van der Waals surface area (Å²) in [4.78, 5) is 30.1. The monoisotopic (exact) mass is 353 g/mol. The molecule has 3 aliphatic rings. The minimum absolute atomic E-state index is 0.0297. The van der Waals surface area contributed by atoms with Gasteiger partial charge < -0.3 is 9.88 Å². The Morgan fingerprint density at radius 2 is 1.88 bits per heavy atom. The summed E-state index contributed by atoms with van der Waals surface area (Å²) in [6, 6.07) is 8.05. The number of hydrogen-bond donors (Lipinski definition) is 1. The van der Waals surface area contributed by atoms with Crippen LogP contribution in [0, 0.1) is 17.8 Å². The van der Waals surface area contributed by atoms with Crippen LogP contribution in [0.5, 0.6) is 0 Å². The van der Waals surface area contributed by atoms with E-state index in [4.69, 9.17) is 0 Å². The van der Waals surface area contributed by atoms with Gasteiger partial charge in [-0.15, -0.1) is 0 Å². The minimum atomic E-state index is -0.0297. The Morgan fingerprint density at radius 3 is 2.62 bits per heavy atom. The van der Waals surface area contributed by atoms with E-state index in [0.29, 0.717) is 11.8 Å². The van der Waals surface area contributed by atoms with E-state index in [0.717, 1.165) is 55.2 Å². The number of amides is 1. The Labute approximate surface area is 153 Å². The minimum Gasteiger partial charge on any atom is -0.343 e. The van der Waals surface area contributed by atoms with Gasteiger partial charge in [0.25, 0.3) is 0 Å². The predicted octanol–water partition coefficient (Wildman–Crippen LogP) is 3.32. The number of likely N-dealkylation sites (tertiary alicyclic amines) is 1. The van der Waals surface area contributed by atoms with Crippen LogP contribution in [0.25, 0.3) is 11.0 Å². The second kappa shape index (κ2) is 6.29. The van der Waals surface area contributed by atoms with Gasteiger partial charge in [0.2, 0.25) is 5.91 Å². The molecule has 1 saturated heterocycles. The Morgan fingerprint density at radius 1 is 1.08 bits per heavy atom. The van der Waals surface area contributed by atoms with Crippen molar-refractivity contribution in [2.24, 2.45) is 17.8 Å². The number of imidazole rings is 1. The maximum Gasteiger partial charge on any atom is 0.326 e. The normalized spacial score (nSPS) is 28.9. The molecule has 0 spiro atoms. The number of hydrogen-bond acceptors (Lipinski definition) is 2. The first-order valence-electron chi connectivity index (χ1n) is 10.2. The number of aromatic nitrogens is 2. The van der Waals surface area contributed by atoms with Crippen molar-refractivity contribution in [3.05, 3.63) is 34.7 Å². The zero-order chi connectivity index (χ0) is 17.7. The molecule has 5 nitrogen and oxygen atoms in total. The summed E-state index contributed by atoms with van der Waals surface area (Å²) in [7, 11) is 0. The van der Waals surface area contributed by atoms with E-state index in [2.05, 4.69) is 4.98 Å². The number of rotatable bonds is 3. The number of carbonyl (C=O) groups excluding carboxylic acids is 1. The molecule has 0 unspecified atom stereocenters. The molecule has 1 amide bonds. The van der Waals surface area contributed by atoms with Gasteiger partial charge in [0.15, 0.2) is 0 Å². The van der Waals surface area contributed by atoms with Crippen molar-refractivity contribution < 1.29 is 4.79 Å². The number of piperidine rings is 1. The lowest BCUT2D eigenvalue weighted by atomic mass is 9.86. The number of H-pyrrole nitrogens is 1. The molecule has 1 N–H and O–H groups in total. The highest BCUT2D eigenvalue weighted by atomic mass is 16.2. The zero-order valence-electron chi connectivity index (χ0n) is 15.2. The highest BCUT2D eigenvalue weighted by Gasteiger charge is 2.40. The van der Waals surface area contributed by atoms with Gasteiger partial charge in [-0.25, -0.2) is 4.79 Å². The molecule has 2 saturated carbocycles. The van der Waals surface area contributed by atoms with Gasteiger partial charge in [0.1, 0.15) is 0 Å². The molecular weight excluding hydrogens is 326 g/mol. The van der Waals surface area contributed by atoms with Gasteiger partial charge in [-0.1, -0.05) is 18.6 Å². The van der Waals surface area contributed by atoms with Crippen molar-refractivity contribution in [3.8, 4) is 0 Å². The predicted molar refractivity (Wildman–Crippen MR) is 101 cm³/mol. The van der Waals surface area contributed by atoms with E-state index in [9.17, 15) is 9.59 Å². The Balaban J connectivity index is 1.24. The van der Waals surface area contributed by atoms with Gasteiger partial charge in [-0.05, 0) is 62.0 Å². The third-order valence-electron chi connectivity index (χ3n) is 7.13. The van der Waals surface area contributed by atoms with Crippen LogP contribution in [0.15, 0.2) is 29.1 Å². The largest absolute Gasteiger partial charge is 0.343 e. The van der Waals surface area contributed by atoms with Crippen LogP contribution in [0.1, 0.15) is 51.0 Å². The summed E-state index contributed by atoms with van der Waals surface area (Å²) in [5.41, 5.74) is 1.84. The van der Waals surface area contributed by atoms with Gasteiger partial charge in [-0.2, -0.15) is 0 Å². The van der Waals surface area contributed by atoms with E-state index in [1.54, 1.807) is 0 Å². The van der Waals surface area contributed by atoms with Crippen LogP contribution < -0.4 is 5.69 Å². The first-order valence-corrected chi connectivity index (χ1v) is 10.2.